The molecule has 0 radical (unpaired) electrons. The highest BCUT2D eigenvalue weighted by Crippen LogP contribution is 2.58. The van der Waals surface area contributed by atoms with Gasteiger partial charge in [0.15, 0.2) is 0 Å². The van der Waals surface area contributed by atoms with E-state index in [2.05, 4.69) is 17.6 Å². The van der Waals surface area contributed by atoms with Crippen molar-refractivity contribution in [3.63, 3.8) is 0 Å². The molecule has 3 fully saturated rings. The number of unbranched alkanes of at least 4 members (excludes halogenated alkanes) is 5. The third-order valence-electron chi connectivity index (χ3n) is 7.29. The van der Waals surface area contributed by atoms with Crippen LogP contribution in [0.1, 0.15) is 78.1 Å². The first-order valence-electron chi connectivity index (χ1n) is 12.7. The maximum absolute atomic E-state index is 13.6. The zero-order chi connectivity index (χ0) is 23.1. The number of amides is 3. The monoisotopic (exact) mass is 451 g/mol. The van der Waals surface area contributed by atoms with Crippen molar-refractivity contribution in [1.82, 2.24) is 15.5 Å². The Balaban J connectivity index is 1.78. The zero-order valence-corrected chi connectivity index (χ0v) is 19.7. The quantitative estimate of drug-likeness (QED) is 0.349. The summed E-state index contributed by atoms with van der Waals surface area (Å²) in [7, 11) is 0. The molecule has 0 saturated carbocycles. The van der Waals surface area contributed by atoms with Gasteiger partial charge in [-0.15, -0.1) is 0 Å². The smallest absolute Gasteiger partial charge is 0.245 e. The number of nitrogens with zero attached hydrogens (tertiary/aromatic N) is 1. The molecule has 2 bridgehead atoms. The Bertz CT molecular complexity index is 672. The molecule has 5 atom stereocenters. The summed E-state index contributed by atoms with van der Waals surface area (Å²) in [5, 5.41) is 15.0. The van der Waals surface area contributed by atoms with E-state index in [4.69, 9.17) is 9.84 Å². The van der Waals surface area contributed by atoms with Gasteiger partial charge in [-0.1, -0.05) is 39.5 Å². The SMILES string of the molecule is CCCCCNC(=O)C1N(CCCCCCO)C(=O)[C@@H]2[C@@H](C(=O)NCCC)[C@H]3CCC12O3. The normalized spacial score (nSPS) is 30.6. The van der Waals surface area contributed by atoms with Crippen molar-refractivity contribution in [3.05, 3.63) is 0 Å². The maximum atomic E-state index is 13.6. The Hall–Kier alpha value is -1.67. The number of carbonyl (C=O) groups is 3. The number of rotatable bonds is 14. The average molecular weight is 452 g/mol. The van der Waals surface area contributed by atoms with Crippen LogP contribution in [0.4, 0.5) is 0 Å². The molecule has 3 saturated heterocycles. The predicted octanol–water partition coefficient (Wildman–Crippen LogP) is 1.75. The summed E-state index contributed by atoms with van der Waals surface area (Å²) in [5.74, 6) is -1.48. The standard InChI is InChI=1S/C24H41N3O5/c1-3-5-8-14-26-22(30)20-24-12-11-17(32-24)18(21(29)25-13-4-2)19(24)23(31)27(20)15-9-6-7-10-16-28/h17-20,28H,3-16H2,1-2H3,(H,25,29)(H,26,30)/t17-,18+,19+,20?,24?/m1/s1. The molecule has 0 aliphatic carbocycles. The number of hydrogen-bond acceptors (Lipinski definition) is 5. The second kappa shape index (κ2) is 11.5. The molecule has 3 amide bonds. The minimum Gasteiger partial charge on any atom is -0.396 e. The highest BCUT2D eigenvalue weighted by molar-refractivity contribution is 5.98. The average Bonchev–Trinajstić information content (AvgIpc) is 3.42. The molecule has 0 aromatic heterocycles. The first-order chi connectivity index (χ1) is 15.5. The van der Waals surface area contributed by atoms with Gasteiger partial charge >= 0.3 is 0 Å². The van der Waals surface area contributed by atoms with Gasteiger partial charge in [-0.3, -0.25) is 14.4 Å². The Labute approximate surface area is 191 Å². The van der Waals surface area contributed by atoms with Crippen LogP contribution in [0, 0.1) is 11.8 Å². The lowest BCUT2D eigenvalue weighted by atomic mass is 9.70. The van der Waals surface area contributed by atoms with E-state index in [1.807, 2.05) is 6.92 Å². The lowest BCUT2D eigenvalue weighted by Crippen LogP contribution is -2.55. The van der Waals surface area contributed by atoms with Gasteiger partial charge in [-0.2, -0.15) is 0 Å². The summed E-state index contributed by atoms with van der Waals surface area (Å²) >= 11 is 0. The first kappa shape index (κ1) is 25.0. The van der Waals surface area contributed by atoms with E-state index < -0.39 is 23.5 Å². The van der Waals surface area contributed by atoms with Crippen molar-refractivity contribution in [2.45, 2.75) is 95.8 Å². The lowest BCUT2D eigenvalue weighted by Gasteiger charge is -2.33. The van der Waals surface area contributed by atoms with E-state index in [0.717, 1.165) is 51.4 Å². The van der Waals surface area contributed by atoms with Crippen LogP contribution in [-0.4, -0.2) is 71.7 Å². The molecule has 0 aromatic carbocycles. The Morgan fingerprint density at radius 3 is 2.50 bits per heavy atom. The summed E-state index contributed by atoms with van der Waals surface area (Å²) in [6.45, 7) is 5.93. The number of aliphatic hydroxyl groups is 1. The molecule has 3 heterocycles. The van der Waals surface area contributed by atoms with Crippen molar-refractivity contribution in [2.75, 3.05) is 26.2 Å². The molecule has 0 aromatic rings. The largest absolute Gasteiger partial charge is 0.396 e. The molecule has 3 aliphatic rings. The number of carbonyl (C=O) groups excluding carboxylic acids is 3. The molecule has 3 aliphatic heterocycles. The molecular weight excluding hydrogens is 410 g/mol. The van der Waals surface area contributed by atoms with E-state index in [1.54, 1.807) is 4.90 Å². The Kier molecular flexibility index (Phi) is 8.94. The second-order valence-corrected chi connectivity index (χ2v) is 9.51. The molecular formula is C24H41N3O5. The van der Waals surface area contributed by atoms with Crippen LogP contribution in [0.25, 0.3) is 0 Å². The summed E-state index contributed by atoms with van der Waals surface area (Å²) < 4.78 is 6.39. The van der Waals surface area contributed by atoms with Crippen LogP contribution in [0.5, 0.6) is 0 Å². The summed E-state index contributed by atoms with van der Waals surface area (Å²) in [6.07, 6.45) is 8.20. The van der Waals surface area contributed by atoms with Crippen LogP contribution in [-0.2, 0) is 19.1 Å². The first-order valence-corrected chi connectivity index (χ1v) is 12.7. The number of aliphatic hydroxyl groups excluding tert-OH is 1. The van der Waals surface area contributed by atoms with Gasteiger partial charge in [-0.05, 0) is 38.5 Å². The molecule has 182 valence electrons. The van der Waals surface area contributed by atoms with Gasteiger partial charge in [0.2, 0.25) is 17.7 Å². The minimum atomic E-state index is -0.893. The molecule has 1 spiro atoms. The third-order valence-corrected chi connectivity index (χ3v) is 7.29. The van der Waals surface area contributed by atoms with Gasteiger partial charge in [0, 0.05) is 26.2 Å². The summed E-state index contributed by atoms with van der Waals surface area (Å²) in [6, 6.07) is -0.673. The van der Waals surface area contributed by atoms with Gasteiger partial charge in [-0.25, -0.2) is 0 Å². The molecule has 8 heteroatoms. The topological polar surface area (TPSA) is 108 Å². The fourth-order valence-electron chi connectivity index (χ4n) is 5.79. The Morgan fingerprint density at radius 2 is 1.78 bits per heavy atom. The number of fused-ring (bicyclic) bond motifs is 1. The van der Waals surface area contributed by atoms with Crippen LogP contribution in [0.2, 0.25) is 0 Å². The fraction of sp³-hybridized carbons (Fsp3) is 0.875. The van der Waals surface area contributed by atoms with Crippen molar-refractivity contribution >= 4 is 17.7 Å². The van der Waals surface area contributed by atoms with Crippen LogP contribution < -0.4 is 10.6 Å². The summed E-state index contributed by atoms with van der Waals surface area (Å²) in [4.78, 5) is 41.6. The number of ether oxygens (including phenoxy) is 1. The van der Waals surface area contributed by atoms with Crippen LogP contribution in [0.3, 0.4) is 0 Å². The zero-order valence-electron chi connectivity index (χ0n) is 19.7. The van der Waals surface area contributed by atoms with Crippen molar-refractivity contribution in [2.24, 2.45) is 11.8 Å². The van der Waals surface area contributed by atoms with Gasteiger partial charge in [0.25, 0.3) is 0 Å². The molecule has 3 N–H and O–H groups in total. The minimum absolute atomic E-state index is 0.111. The predicted molar refractivity (Wildman–Crippen MR) is 121 cm³/mol. The molecule has 2 unspecified atom stereocenters. The maximum Gasteiger partial charge on any atom is 0.245 e. The fourth-order valence-corrected chi connectivity index (χ4v) is 5.79. The lowest BCUT2D eigenvalue weighted by molar-refractivity contribution is -0.142. The van der Waals surface area contributed by atoms with Crippen molar-refractivity contribution in [1.29, 1.82) is 0 Å². The van der Waals surface area contributed by atoms with E-state index in [0.29, 0.717) is 32.5 Å². The Morgan fingerprint density at radius 1 is 1.03 bits per heavy atom. The second-order valence-electron chi connectivity index (χ2n) is 9.51. The number of hydrogen-bond donors (Lipinski definition) is 3. The van der Waals surface area contributed by atoms with Gasteiger partial charge < -0.3 is 25.4 Å². The van der Waals surface area contributed by atoms with E-state index >= 15 is 0 Å². The van der Waals surface area contributed by atoms with E-state index in [-0.39, 0.29) is 30.4 Å². The van der Waals surface area contributed by atoms with Crippen LogP contribution >= 0.6 is 0 Å². The van der Waals surface area contributed by atoms with Crippen molar-refractivity contribution < 1.29 is 24.2 Å². The molecule has 3 rings (SSSR count). The third kappa shape index (κ3) is 4.81. The van der Waals surface area contributed by atoms with Crippen molar-refractivity contribution in [3.8, 4) is 0 Å². The van der Waals surface area contributed by atoms with E-state index in [1.165, 1.54) is 0 Å². The van der Waals surface area contributed by atoms with Gasteiger partial charge in [0.1, 0.15) is 11.6 Å². The van der Waals surface area contributed by atoms with E-state index in [9.17, 15) is 14.4 Å². The molecule has 8 nitrogen and oxygen atoms in total. The highest BCUT2D eigenvalue weighted by Gasteiger charge is 2.74. The number of nitrogens with one attached hydrogen (secondary N) is 2. The van der Waals surface area contributed by atoms with Gasteiger partial charge in [0.05, 0.1) is 17.9 Å². The molecule has 32 heavy (non-hydrogen) atoms. The van der Waals surface area contributed by atoms with Crippen LogP contribution in [0.15, 0.2) is 0 Å². The highest BCUT2D eigenvalue weighted by atomic mass is 16.5. The summed E-state index contributed by atoms with van der Waals surface area (Å²) in [5.41, 5.74) is -0.893. The number of likely N-dealkylation sites (tertiary alicyclic amines) is 1.